The number of ether oxygens (including phenoxy) is 1. The second kappa shape index (κ2) is 8.76. The van der Waals surface area contributed by atoms with Gasteiger partial charge in [-0.1, -0.05) is 24.3 Å². The Morgan fingerprint density at radius 1 is 1.25 bits per heavy atom. The molecular weight excluding hydrogens is 352 g/mol. The van der Waals surface area contributed by atoms with Crippen LogP contribution in [0.2, 0.25) is 0 Å². The summed E-state index contributed by atoms with van der Waals surface area (Å²) >= 11 is 0. The number of rotatable bonds is 7. The summed E-state index contributed by atoms with van der Waals surface area (Å²) in [5, 5.41) is 3.59. The summed E-state index contributed by atoms with van der Waals surface area (Å²) in [5.41, 5.74) is 8.48. The first kappa shape index (κ1) is 19.0. The van der Waals surface area contributed by atoms with Gasteiger partial charge in [0.2, 0.25) is 0 Å². The normalized spacial score (nSPS) is 18.2. The molecule has 0 saturated carbocycles. The zero-order valence-electron chi connectivity index (χ0n) is 16.4. The summed E-state index contributed by atoms with van der Waals surface area (Å²) in [6.45, 7) is 2.53. The van der Waals surface area contributed by atoms with Crippen molar-refractivity contribution in [1.29, 1.82) is 0 Å². The first-order valence-electron chi connectivity index (χ1n) is 10.2. The van der Waals surface area contributed by atoms with Crippen molar-refractivity contribution < 1.29 is 14.4 Å². The fourth-order valence-electron chi connectivity index (χ4n) is 4.42. The van der Waals surface area contributed by atoms with E-state index in [0.717, 1.165) is 43.7 Å². The van der Waals surface area contributed by atoms with Crippen molar-refractivity contribution in [2.24, 2.45) is 0 Å². The van der Waals surface area contributed by atoms with Crippen molar-refractivity contribution in [3.05, 3.63) is 64.2 Å². The van der Waals surface area contributed by atoms with Crippen molar-refractivity contribution >= 4 is 5.97 Å². The molecular formula is C23H28N2O3. The summed E-state index contributed by atoms with van der Waals surface area (Å²) in [6, 6.07) is 12.5. The Balaban J connectivity index is 1.27. The van der Waals surface area contributed by atoms with Gasteiger partial charge >= 0.3 is 5.97 Å². The minimum atomic E-state index is -0.296. The molecule has 1 aliphatic carbocycles. The van der Waals surface area contributed by atoms with Crippen LogP contribution in [0.5, 0.6) is 5.75 Å². The van der Waals surface area contributed by atoms with Gasteiger partial charge in [0.25, 0.3) is 0 Å². The molecule has 0 spiro atoms. The van der Waals surface area contributed by atoms with Gasteiger partial charge in [0.1, 0.15) is 5.75 Å². The number of hydrogen-bond acceptors (Lipinski definition) is 5. The first-order valence-corrected chi connectivity index (χ1v) is 10.2. The van der Waals surface area contributed by atoms with Gasteiger partial charge in [-0.15, -0.1) is 5.48 Å². The number of benzene rings is 2. The lowest BCUT2D eigenvalue weighted by Crippen LogP contribution is -2.27. The van der Waals surface area contributed by atoms with Gasteiger partial charge in [-0.25, -0.2) is 4.79 Å². The first-order chi connectivity index (χ1) is 13.8. The Kier molecular flexibility index (Phi) is 5.93. The van der Waals surface area contributed by atoms with Crippen molar-refractivity contribution in [2.45, 2.75) is 44.6 Å². The fraction of sp³-hybridized carbons (Fsp3) is 0.435. The molecule has 148 valence electrons. The van der Waals surface area contributed by atoms with E-state index in [-0.39, 0.29) is 5.97 Å². The van der Waals surface area contributed by atoms with Crippen molar-refractivity contribution in [1.82, 2.24) is 10.8 Å². The van der Waals surface area contributed by atoms with E-state index in [2.05, 4.69) is 35.1 Å². The van der Waals surface area contributed by atoms with E-state index in [0.29, 0.717) is 18.0 Å². The van der Waals surface area contributed by atoms with E-state index in [1.165, 1.54) is 29.5 Å². The van der Waals surface area contributed by atoms with E-state index in [4.69, 9.17) is 9.57 Å². The number of fused-ring (bicyclic) bond motifs is 2. The lowest BCUT2D eigenvalue weighted by atomic mass is 9.80. The maximum atomic E-state index is 11.7. The Bertz CT molecular complexity index is 850. The fourth-order valence-corrected chi connectivity index (χ4v) is 4.42. The molecule has 0 amide bonds. The van der Waals surface area contributed by atoms with Gasteiger partial charge < -0.3 is 14.9 Å². The quantitative estimate of drug-likeness (QED) is 0.720. The third-order valence-corrected chi connectivity index (χ3v) is 5.89. The Morgan fingerprint density at radius 2 is 2.18 bits per heavy atom. The van der Waals surface area contributed by atoms with E-state index in [1.54, 1.807) is 7.11 Å². The molecule has 0 aromatic heterocycles. The standard InChI is InChI=1S/C23H28N2O3/c1-27-22-7-3-5-19-17(4-2-6-21(19)22)11-13-24-12-10-16-8-9-20-18(14-16)15-25-28-23(20)26/h3,5,7-9,14,17,24-25H,2,4,6,10-13,15H2,1H3. The third-order valence-electron chi connectivity index (χ3n) is 5.89. The monoisotopic (exact) mass is 380 g/mol. The molecule has 0 fully saturated rings. The highest BCUT2D eigenvalue weighted by molar-refractivity contribution is 5.91. The molecule has 1 unspecified atom stereocenters. The van der Waals surface area contributed by atoms with Crippen LogP contribution >= 0.6 is 0 Å². The minimum Gasteiger partial charge on any atom is -0.496 e. The number of carbonyl (C=O) groups is 1. The highest BCUT2D eigenvalue weighted by Crippen LogP contribution is 2.38. The van der Waals surface area contributed by atoms with E-state index in [9.17, 15) is 4.79 Å². The van der Waals surface area contributed by atoms with Gasteiger partial charge in [-0.05, 0) is 85.5 Å². The molecule has 1 aliphatic heterocycles. The van der Waals surface area contributed by atoms with Gasteiger partial charge in [0, 0.05) is 0 Å². The second-order valence-corrected chi connectivity index (χ2v) is 7.61. The van der Waals surface area contributed by atoms with E-state index >= 15 is 0 Å². The van der Waals surface area contributed by atoms with Crippen LogP contribution in [0.15, 0.2) is 36.4 Å². The highest BCUT2D eigenvalue weighted by Gasteiger charge is 2.22. The summed E-state index contributed by atoms with van der Waals surface area (Å²) < 4.78 is 5.55. The molecule has 5 heteroatoms. The number of methoxy groups -OCH3 is 1. The molecule has 2 aromatic carbocycles. The number of hydrogen-bond donors (Lipinski definition) is 2. The van der Waals surface area contributed by atoms with E-state index in [1.807, 2.05) is 12.1 Å². The van der Waals surface area contributed by atoms with Gasteiger partial charge in [-0.3, -0.25) is 0 Å². The number of nitrogens with one attached hydrogen (secondary N) is 2. The lowest BCUT2D eigenvalue weighted by molar-refractivity contribution is 0.0188. The predicted molar refractivity (Wildman–Crippen MR) is 109 cm³/mol. The summed E-state index contributed by atoms with van der Waals surface area (Å²) in [7, 11) is 1.76. The summed E-state index contributed by atoms with van der Waals surface area (Å²) in [5.74, 6) is 1.36. The van der Waals surface area contributed by atoms with Crippen molar-refractivity contribution in [3.8, 4) is 5.75 Å². The van der Waals surface area contributed by atoms with Crippen LogP contribution in [0.1, 0.15) is 57.8 Å². The van der Waals surface area contributed by atoms with Crippen LogP contribution < -0.4 is 15.5 Å². The maximum absolute atomic E-state index is 11.7. The molecule has 4 rings (SSSR count). The third kappa shape index (κ3) is 4.05. The molecule has 2 N–H and O–H groups in total. The summed E-state index contributed by atoms with van der Waals surface area (Å²) in [6.07, 6.45) is 5.74. The Labute approximate surface area is 166 Å². The van der Waals surface area contributed by atoms with Crippen molar-refractivity contribution in [2.75, 3.05) is 20.2 Å². The van der Waals surface area contributed by atoms with Crippen LogP contribution in [0.3, 0.4) is 0 Å². The maximum Gasteiger partial charge on any atom is 0.357 e. The van der Waals surface area contributed by atoms with Gasteiger partial charge in [-0.2, -0.15) is 0 Å². The van der Waals surface area contributed by atoms with Gasteiger partial charge in [0.15, 0.2) is 0 Å². The molecule has 2 aliphatic rings. The van der Waals surface area contributed by atoms with Crippen LogP contribution in [-0.4, -0.2) is 26.2 Å². The lowest BCUT2D eigenvalue weighted by Gasteiger charge is -2.27. The molecule has 2 aromatic rings. The minimum absolute atomic E-state index is 0.296. The van der Waals surface area contributed by atoms with Crippen LogP contribution in [0.4, 0.5) is 0 Å². The predicted octanol–water partition coefficient (Wildman–Crippen LogP) is 3.51. The number of carbonyl (C=O) groups excluding carboxylic acids is 1. The molecule has 0 bridgehead atoms. The van der Waals surface area contributed by atoms with E-state index < -0.39 is 0 Å². The average molecular weight is 380 g/mol. The molecule has 5 nitrogen and oxygen atoms in total. The second-order valence-electron chi connectivity index (χ2n) is 7.61. The topological polar surface area (TPSA) is 59.6 Å². The molecule has 1 atom stereocenters. The summed E-state index contributed by atoms with van der Waals surface area (Å²) in [4.78, 5) is 16.5. The molecule has 0 saturated heterocycles. The van der Waals surface area contributed by atoms with Crippen LogP contribution in [0, 0.1) is 0 Å². The zero-order chi connectivity index (χ0) is 19.3. The molecule has 1 heterocycles. The smallest absolute Gasteiger partial charge is 0.357 e. The van der Waals surface area contributed by atoms with Gasteiger partial charge in [0.05, 0.1) is 19.2 Å². The average Bonchev–Trinajstić information content (AvgIpc) is 2.73. The van der Waals surface area contributed by atoms with Crippen LogP contribution in [-0.2, 0) is 24.2 Å². The number of hydroxylamine groups is 1. The van der Waals surface area contributed by atoms with Crippen LogP contribution in [0.25, 0.3) is 0 Å². The molecule has 0 radical (unpaired) electrons. The SMILES string of the molecule is COc1cccc2c1CCCC2CCNCCc1ccc2c(c1)CNOC2=O. The highest BCUT2D eigenvalue weighted by atomic mass is 16.7. The Morgan fingerprint density at radius 3 is 3.07 bits per heavy atom. The zero-order valence-corrected chi connectivity index (χ0v) is 16.4. The largest absolute Gasteiger partial charge is 0.496 e. The molecule has 28 heavy (non-hydrogen) atoms. The Hall–Kier alpha value is -2.37. The van der Waals surface area contributed by atoms with Crippen molar-refractivity contribution in [3.63, 3.8) is 0 Å².